The summed E-state index contributed by atoms with van der Waals surface area (Å²) in [4.78, 5) is 27.9. The van der Waals surface area contributed by atoms with Crippen molar-refractivity contribution in [3.05, 3.63) is 46.7 Å². The Hall–Kier alpha value is -2.10. The number of aliphatic hydroxyl groups excluding tert-OH is 1. The fraction of sp³-hybridized carbons (Fsp3) is 0.565. The molecule has 1 aromatic rings. The minimum Gasteiger partial charge on any atom is -0.503 e. The van der Waals surface area contributed by atoms with E-state index in [1.807, 2.05) is 32.9 Å². The molecule has 4 nitrogen and oxygen atoms in total. The molecular weight excluding hydrogens is 338 g/mol. The van der Waals surface area contributed by atoms with Gasteiger partial charge in [0.1, 0.15) is 0 Å². The van der Waals surface area contributed by atoms with Crippen LogP contribution in [0.15, 0.2) is 35.6 Å². The van der Waals surface area contributed by atoms with E-state index in [0.717, 1.165) is 31.2 Å². The minimum atomic E-state index is -0.661. The van der Waals surface area contributed by atoms with Gasteiger partial charge in [0.25, 0.3) is 5.91 Å². The van der Waals surface area contributed by atoms with E-state index in [4.69, 9.17) is 0 Å². The topological polar surface area (TPSA) is 57.6 Å². The van der Waals surface area contributed by atoms with Crippen molar-refractivity contribution in [1.82, 2.24) is 4.90 Å². The molecule has 1 atom stereocenters. The molecule has 1 aliphatic carbocycles. The molecule has 1 heterocycles. The molecule has 1 fully saturated rings. The number of carbonyl (C=O) groups excluding carboxylic acids is 2. The molecule has 0 bridgehead atoms. The number of aliphatic hydroxyl groups is 1. The van der Waals surface area contributed by atoms with Gasteiger partial charge in [-0.1, -0.05) is 71.7 Å². The minimum absolute atomic E-state index is 0.0830. The van der Waals surface area contributed by atoms with E-state index in [9.17, 15) is 14.7 Å². The highest BCUT2D eigenvalue weighted by atomic mass is 16.3. The number of ketones is 1. The van der Waals surface area contributed by atoms with Crippen molar-refractivity contribution >= 4 is 11.7 Å². The summed E-state index contributed by atoms with van der Waals surface area (Å²) in [7, 11) is 0. The number of Topliss-reactive ketones (excluding diaryl/α,β-unsaturated/α-hetero) is 1. The van der Waals surface area contributed by atoms with Crippen LogP contribution in [0.5, 0.6) is 0 Å². The molecule has 27 heavy (non-hydrogen) atoms. The third kappa shape index (κ3) is 3.54. The molecule has 2 aliphatic rings. The molecule has 1 unspecified atom stereocenters. The molecule has 0 aromatic heterocycles. The van der Waals surface area contributed by atoms with Crippen molar-refractivity contribution in [2.24, 2.45) is 5.41 Å². The molecule has 0 spiro atoms. The first-order valence-electron chi connectivity index (χ1n) is 10.0. The molecule has 1 saturated carbocycles. The molecule has 1 N–H and O–H groups in total. The number of rotatable bonds is 4. The van der Waals surface area contributed by atoms with E-state index >= 15 is 0 Å². The third-order valence-electron chi connectivity index (χ3n) is 5.81. The Morgan fingerprint density at radius 3 is 2.15 bits per heavy atom. The maximum atomic E-state index is 13.1. The van der Waals surface area contributed by atoms with Gasteiger partial charge >= 0.3 is 0 Å². The van der Waals surface area contributed by atoms with Crippen LogP contribution in [0.25, 0.3) is 0 Å². The fourth-order valence-electron chi connectivity index (χ4n) is 4.21. The Balaban J connectivity index is 2.09. The summed E-state index contributed by atoms with van der Waals surface area (Å²) in [6, 6.07) is 7.72. The van der Waals surface area contributed by atoms with Crippen LogP contribution in [-0.4, -0.2) is 27.7 Å². The van der Waals surface area contributed by atoms with Crippen molar-refractivity contribution in [2.45, 2.75) is 78.3 Å². The highest BCUT2D eigenvalue weighted by molar-refractivity contribution is 6.10. The van der Waals surface area contributed by atoms with Gasteiger partial charge in [-0.3, -0.25) is 9.59 Å². The summed E-state index contributed by atoms with van der Waals surface area (Å²) in [6.45, 7) is 9.77. The third-order valence-corrected chi connectivity index (χ3v) is 5.81. The normalized spacial score (nSPS) is 21.6. The van der Waals surface area contributed by atoms with Gasteiger partial charge < -0.3 is 10.0 Å². The summed E-state index contributed by atoms with van der Waals surface area (Å²) in [6.07, 6.45) is 4.01. The second kappa shape index (κ2) is 7.14. The molecule has 1 aromatic carbocycles. The zero-order valence-corrected chi connectivity index (χ0v) is 17.1. The van der Waals surface area contributed by atoms with Gasteiger partial charge in [0.2, 0.25) is 0 Å². The van der Waals surface area contributed by atoms with E-state index < -0.39 is 17.4 Å². The van der Waals surface area contributed by atoms with Crippen molar-refractivity contribution in [2.75, 3.05) is 0 Å². The molecule has 0 saturated heterocycles. The van der Waals surface area contributed by atoms with Crippen LogP contribution in [0.1, 0.15) is 83.4 Å². The zero-order valence-electron chi connectivity index (χ0n) is 17.1. The van der Waals surface area contributed by atoms with E-state index in [-0.39, 0.29) is 23.2 Å². The maximum absolute atomic E-state index is 13.1. The van der Waals surface area contributed by atoms with Gasteiger partial charge in [-0.2, -0.15) is 0 Å². The zero-order chi connectivity index (χ0) is 19.9. The standard InChI is InChI=1S/C23H31NO3/c1-14(2)15-10-12-16(13-11-15)19-18(21(26)23(3,4)5)20(25)22(27)24(19)17-8-6-7-9-17/h10-14,17,19,25H,6-9H2,1-5H3. The average molecular weight is 370 g/mol. The highest BCUT2D eigenvalue weighted by Gasteiger charge is 2.48. The lowest BCUT2D eigenvalue weighted by Gasteiger charge is -2.33. The number of amides is 1. The summed E-state index contributed by atoms with van der Waals surface area (Å²) < 4.78 is 0. The average Bonchev–Trinajstić information content (AvgIpc) is 3.21. The van der Waals surface area contributed by atoms with Gasteiger partial charge in [0.15, 0.2) is 11.5 Å². The van der Waals surface area contributed by atoms with E-state index in [1.54, 1.807) is 4.90 Å². The van der Waals surface area contributed by atoms with E-state index in [2.05, 4.69) is 26.0 Å². The lowest BCUT2D eigenvalue weighted by molar-refractivity contribution is -0.131. The molecule has 4 heteroatoms. The Kier molecular flexibility index (Phi) is 5.20. The van der Waals surface area contributed by atoms with E-state index in [0.29, 0.717) is 5.92 Å². The summed E-state index contributed by atoms with van der Waals surface area (Å²) in [5.74, 6) is -0.506. The first kappa shape index (κ1) is 19.7. The van der Waals surface area contributed by atoms with Crippen LogP contribution < -0.4 is 0 Å². The van der Waals surface area contributed by atoms with Gasteiger partial charge in [0.05, 0.1) is 11.6 Å². The summed E-state index contributed by atoms with van der Waals surface area (Å²) >= 11 is 0. The monoisotopic (exact) mass is 369 g/mol. The summed E-state index contributed by atoms with van der Waals surface area (Å²) in [5, 5.41) is 10.7. The number of hydrogen-bond donors (Lipinski definition) is 1. The predicted octanol–water partition coefficient (Wildman–Crippen LogP) is 5.06. The molecule has 1 aliphatic heterocycles. The quantitative estimate of drug-likeness (QED) is 0.807. The fourth-order valence-corrected chi connectivity index (χ4v) is 4.21. The van der Waals surface area contributed by atoms with Crippen molar-refractivity contribution < 1.29 is 14.7 Å². The molecule has 146 valence electrons. The van der Waals surface area contributed by atoms with Gasteiger partial charge in [0, 0.05) is 11.5 Å². The first-order chi connectivity index (χ1) is 12.6. The Morgan fingerprint density at radius 1 is 1.11 bits per heavy atom. The lowest BCUT2D eigenvalue weighted by Crippen LogP contribution is -2.39. The van der Waals surface area contributed by atoms with Gasteiger partial charge in [-0.25, -0.2) is 0 Å². The molecule has 3 rings (SSSR count). The Morgan fingerprint density at radius 2 is 1.67 bits per heavy atom. The lowest BCUT2D eigenvalue weighted by atomic mass is 9.82. The van der Waals surface area contributed by atoms with Gasteiger partial charge in [-0.05, 0) is 29.9 Å². The van der Waals surface area contributed by atoms with Gasteiger partial charge in [-0.15, -0.1) is 0 Å². The van der Waals surface area contributed by atoms with Crippen molar-refractivity contribution in [1.29, 1.82) is 0 Å². The second-order valence-electron chi connectivity index (χ2n) is 9.22. The van der Waals surface area contributed by atoms with Crippen molar-refractivity contribution in [3.8, 4) is 0 Å². The highest BCUT2D eigenvalue weighted by Crippen LogP contribution is 2.44. The second-order valence-corrected chi connectivity index (χ2v) is 9.22. The predicted molar refractivity (Wildman–Crippen MR) is 106 cm³/mol. The van der Waals surface area contributed by atoms with Crippen LogP contribution in [0.2, 0.25) is 0 Å². The van der Waals surface area contributed by atoms with Crippen molar-refractivity contribution in [3.63, 3.8) is 0 Å². The smallest absolute Gasteiger partial charge is 0.290 e. The SMILES string of the molecule is CC(C)c1ccc(C2C(C(=O)C(C)(C)C)=C(O)C(=O)N2C2CCCC2)cc1. The largest absolute Gasteiger partial charge is 0.503 e. The van der Waals surface area contributed by atoms with E-state index in [1.165, 1.54) is 5.56 Å². The number of benzene rings is 1. The molecule has 0 radical (unpaired) electrons. The molecular formula is C23H31NO3. The first-order valence-corrected chi connectivity index (χ1v) is 10.0. The Bertz CT molecular complexity index is 762. The number of carbonyl (C=O) groups is 2. The van der Waals surface area contributed by atoms with Crippen LogP contribution in [0.4, 0.5) is 0 Å². The van der Waals surface area contributed by atoms with Crippen LogP contribution >= 0.6 is 0 Å². The van der Waals surface area contributed by atoms with Crippen LogP contribution in [0.3, 0.4) is 0 Å². The number of nitrogens with zero attached hydrogens (tertiary/aromatic N) is 1. The number of hydrogen-bond acceptors (Lipinski definition) is 3. The Labute approximate surface area is 162 Å². The summed E-state index contributed by atoms with van der Waals surface area (Å²) in [5.41, 5.74) is 1.71. The molecule has 1 amide bonds. The van der Waals surface area contributed by atoms with Crippen LogP contribution in [0, 0.1) is 5.41 Å². The van der Waals surface area contributed by atoms with Crippen LogP contribution in [-0.2, 0) is 9.59 Å². The maximum Gasteiger partial charge on any atom is 0.290 e.